The Bertz CT molecular complexity index is 1080. The molecular weight excluding hydrogens is 393 g/mol. The third-order valence-corrected chi connectivity index (χ3v) is 6.21. The molecule has 1 atom stereocenters. The van der Waals surface area contributed by atoms with Gasteiger partial charge in [0.1, 0.15) is 11.5 Å². The number of piperidine rings is 1. The summed E-state index contributed by atoms with van der Waals surface area (Å²) in [5, 5.41) is 10.2. The molecule has 2 aromatic heterocycles. The minimum Gasteiger partial charge on any atom is -0.346 e. The molecule has 1 amide bonds. The Morgan fingerprint density at radius 1 is 1.32 bits per heavy atom. The van der Waals surface area contributed by atoms with Gasteiger partial charge in [-0.1, -0.05) is 0 Å². The predicted molar refractivity (Wildman–Crippen MR) is 118 cm³/mol. The van der Waals surface area contributed by atoms with Crippen molar-refractivity contribution in [2.24, 2.45) is 0 Å². The van der Waals surface area contributed by atoms with Gasteiger partial charge in [0.15, 0.2) is 0 Å². The van der Waals surface area contributed by atoms with Crippen LogP contribution in [0.25, 0.3) is 11.0 Å². The zero-order valence-corrected chi connectivity index (χ0v) is 17.6. The van der Waals surface area contributed by atoms with Crippen molar-refractivity contribution in [1.82, 2.24) is 14.9 Å². The average Bonchev–Trinajstić information content (AvgIpc) is 3.24. The number of fused-ring (bicyclic) bond motifs is 1. The highest BCUT2D eigenvalue weighted by molar-refractivity contribution is 5.97. The summed E-state index contributed by atoms with van der Waals surface area (Å²) in [5.74, 6) is 0.0268. The fraction of sp³-hybridized carbons (Fsp3) is 0.375. The second-order valence-corrected chi connectivity index (χ2v) is 8.00. The first-order valence-corrected chi connectivity index (χ1v) is 10.7. The fourth-order valence-corrected chi connectivity index (χ4v) is 4.44. The van der Waals surface area contributed by atoms with Gasteiger partial charge in [-0.05, 0) is 80.7 Å². The number of hydrogen-bond donors (Lipinski definition) is 1. The van der Waals surface area contributed by atoms with E-state index in [9.17, 15) is 9.18 Å². The van der Waals surface area contributed by atoms with Crippen LogP contribution in [0.15, 0.2) is 48.8 Å². The lowest BCUT2D eigenvalue weighted by molar-refractivity contribution is -0.123. The molecule has 1 aliphatic heterocycles. The smallest absolute Gasteiger partial charge is 0.244 e. The number of benzene rings is 1. The first kappa shape index (κ1) is 21.0. The molecule has 1 unspecified atom stereocenters. The van der Waals surface area contributed by atoms with E-state index in [0.29, 0.717) is 18.2 Å². The highest BCUT2D eigenvalue weighted by Gasteiger charge is 2.31. The topological polar surface area (TPSA) is 76.0 Å². The second kappa shape index (κ2) is 9.27. The molecule has 0 bridgehead atoms. The van der Waals surface area contributed by atoms with Gasteiger partial charge in [-0.15, -0.1) is 0 Å². The summed E-state index contributed by atoms with van der Waals surface area (Å²) in [6, 6.07) is 11.7. The largest absolute Gasteiger partial charge is 0.346 e. The summed E-state index contributed by atoms with van der Waals surface area (Å²) in [7, 11) is 0. The van der Waals surface area contributed by atoms with Gasteiger partial charge in [0.05, 0.1) is 18.5 Å². The Balaban J connectivity index is 1.44. The fourth-order valence-electron chi connectivity index (χ4n) is 4.44. The molecule has 1 aromatic carbocycles. The van der Waals surface area contributed by atoms with E-state index < -0.39 is 0 Å². The zero-order chi connectivity index (χ0) is 21.8. The van der Waals surface area contributed by atoms with Crippen LogP contribution in [0, 0.1) is 17.1 Å². The lowest BCUT2D eigenvalue weighted by Gasteiger charge is -2.37. The molecular formula is C24H26FN5O. The van der Waals surface area contributed by atoms with Crippen molar-refractivity contribution in [2.45, 2.75) is 38.1 Å². The first-order valence-electron chi connectivity index (χ1n) is 10.7. The number of carbonyl (C=O) groups excluding carboxylic acids is 1. The molecule has 4 rings (SSSR count). The van der Waals surface area contributed by atoms with E-state index in [4.69, 9.17) is 5.26 Å². The van der Waals surface area contributed by atoms with Crippen LogP contribution in [0.4, 0.5) is 10.1 Å². The van der Waals surface area contributed by atoms with Crippen molar-refractivity contribution in [1.29, 1.82) is 5.26 Å². The van der Waals surface area contributed by atoms with Gasteiger partial charge in [0.2, 0.25) is 5.91 Å². The number of pyridine rings is 1. The number of aromatic nitrogens is 2. The summed E-state index contributed by atoms with van der Waals surface area (Å²) >= 11 is 0. The van der Waals surface area contributed by atoms with E-state index in [1.165, 1.54) is 23.1 Å². The molecule has 7 heteroatoms. The molecule has 6 nitrogen and oxygen atoms in total. The number of nitrogens with zero attached hydrogens (tertiary/aromatic N) is 4. The van der Waals surface area contributed by atoms with Crippen molar-refractivity contribution in [3.8, 4) is 6.07 Å². The van der Waals surface area contributed by atoms with E-state index in [2.05, 4.69) is 33.2 Å². The highest BCUT2D eigenvalue weighted by atomic mass is 19.1. The molecule has 1 saturated heterocycles. The molecule has 1 aliphatic rings. The molecule has 1 N–H and O–H groups in total. The Morgan fingerprint density at radius 3 is 2.77 bits per heavy atom. The number of anilines is 1. The molecule has 31 heavy (non-hydrogen) atoms. The first-order chi connectivity index (χ1) is 15.1. The minimum absolute atomic E-state index is 0.0587. The highest BCUT2D eigenvalue weighted by Crippen LogP contribution is 2.33. The van der Waals surface area contributed by atoms with Crippen LogP contribution in [-0.2, 0) is 4.79 Å². The standard InChI is InChI=1S/C24H26FN5O/c1-17(24(31)30(13-3-11-26)20-7-5-19(25)6-8-20)29-14-9-18(10-15-29)22-16-28-23-21(22)4-2-12-27-23/h2,4-8,12,16-18H,3,9-10,13-15H2,1H3,(H,27,28). The van der Waals surface area contributed by atoms with Gasteiger partial charge in [0, 0.05) is 30.0 Å². The molecule has 160 valence electrons. The lowest BCUT2D eigenvalue weighted by Crippen LogP contribution is -2.50. The summed E-state index contributed by atoms with van der Waals surface area (Å²) in [6.07, 6.45) is 6.01. The third kappa shape index (κ3) is 4.44. The molecule has 0 radical (unpaired) electrons. The molecule has 0 saturated carbocycles. The number of hydrogen-bond acceptors (Lipinski definition) is 4. The Labute approximate surface area is 181 Å². The number of likely N-dealkylation sites (tertiary alicyclic amines) is 1. The van der Waals surface area contributed by atoms with E-state index in [1.807, 2.05) is 13.0 Å². The molecule has 0 aliphatic carbocycles. The van der Waals surface area contributed by atoms with E-state index in [1.54, 1.807) is 23.2 Å². The number of halogens is 1. The maximum atomic E-state index is 13.3. The van der Waals surface area contributed by atoms with Crippen molar-refractivity contribution in [2.75, 3.05) is 24.5 Å². The second-order valence-electron chi connectivity index (χ2n) is 8.00. The van der Waals surface area contributed by atoms with Crippen LogP contribution >= 0.6 is 0 Å². The van der Waals surface area contributed by atoms with Crippen LogP contribution in [0.5, 0.6) is 0 Å². The average molecular weight is 420 g/mol. The molecule has 0 spiro atoms. The van der Waals surface area contributed by atoms with E-state index >= 15 is 0 Å². The summed E-state index contributed by atoms with van der Waals surface area (Å²) in [5.41, 5.74) is 2.83. The Kier molecular flexibility index (Phi) is 6.28. The van der Waals surface area contributed by atoms with Gasteiger partial charge in [-0.2, -0.15) is 5.26 Å². The lowest BCUT2D eigenvalue weighted by atomic mass is 9.89. The Morgan fingerprint density at radius 2 is 2.06 bits per heavy atom. The summed E-state index contributed by atoms with van der Waals surface area (Å²) in [4.78, 5) is 24.7. The zero-order valence-electron chi connectivity index (χ0n) is 17.6. The molecule has 3 aromatic rings. The van der Waals surface area contributed by atoms with E-state index in [-0.39, 0.29) is 24.2 Å². The van der Waals surface area contributed by atoms with Crippen LogP contribution in [0.2, 0.25) is 0 Å². The number of rotatable bonds is 6. The number of H-pyrrole nitrogens is 1. The van der Waals surface area contributed by atoms with Crippen LogP contribution in [0.1, 0.15) is 37.7 Å². The maximum absolute atomic E-state index is 13.3. The number of carbonyl (C=O) groups is 1. The summed E-state index contributed by atoms with van der Waals surface area (Å²) in [6.45, 7) is 3.85. The third-order valence-electron chi connectivity index (χ3n) is 6.21. The van der Waals surface area contributed by atoms with Crippen LogP contribution < -0.4 is 4.90 Å². The number of nitriles is 1. The van der Waals surface area contributed by atoms with Gasteiger partial charge in [0.25, 0.3) is 0 Å². The quantitative estimate of drug-likeness (QED) is 0.649. The number of amides is 1. The van der Waals surface area contributed by atoms with Crippen molar-refractivity contribution in [3.05, 3.63) is 60.2 Å². The maximum Gasteiger partial charge on any atom is 0.244 e. The van der Waals surface area contributed by atoms with Crippen molar-refractivity contribution in [3.63, 3.8) is 0 Å². The SMILES string of the molecule is CC(C(=O)N(CCC#N)c1ccc(F)cc1)N1CCC(c2c[nH]c3ncccc23)CC1. The van der Waals surface area contributed by atoms with Gasteiger partial charge in [-0.25, -0.2) is 9.37 Å². The van der Waals surface area contributed by atoms with E-state index in [0.717, 1.165) is 31.6 Å². The monoisotopic (exact) mass is 419 g/mol. The normalized spacial score (nSPS) is 16.2. The molecule has 3 heterocycles. The van der Waals surface area contributed by atoms with Gasteiger partial charge < -0.3 is 9.88 Å². The van der Waals surface area contributed by atoms with Gasteiger partial charge >= 0.3 is 0 Å². The van der Waals surface area contributed by atoms with Crippen LogP contribution in [-0.4, -0.2) is 46.5 Å². The van der Waals surface area contributed by atoms with Crippen molar-refractivity contribution < 1.29 is 9.18 Å². The summed E-state index contributed by atoms with van der Waals surface area (Å²) < 4.78 is 13.3. The minimum atomic E-state index is -0.348. The molecule has 1 fully saturated rings. The predicted octanol–water partition coefficient (Wildman–Crippen LogP) is 4.22. The van der Waals surface area contributed by atoms with Crippen molar-refractivity contribution >= 4 is 22.6 Å². The number of nitrogens with one attached hydrogen (secondary N) is 1. The Hall–Kier alpha value is -3.24. The number of aromatic amines is 1. The van der Waals surface area contributed by atoms with Crippen LogP contribution in [0.3, 0.4) is 0 Å². The van der Waals surface area contributed by atoms with Gasteiger partial charge in [-0.3, -0.25) is 9.69 Å².